The molecule has 0 N–H and O–H groups in total. The molecule has 4 heteroatoms. The van der Waals surface area contributed by atoms with Crippen molar-refractivity contribution in [1.82, 2.24) is 5.06 Å². The number of hydrogen-bond donors (Lipinski definition) is 0. The van der Waals surface area contributed by atoms with Gasteiger partial charge in [-0.15, -0.1) is 0 Å². The molecule has 0 aromatic heterocycles. The van der Waals surface area contributed by atoms with Crippen molar-refractivity contribution in [3.05, 3.63) is 0 Å². The van der Waals surface area contributed by atoms with Crippen molar-refractivity contribution in [2.24, 2.45) is 0 Å². The second kappa shape index (κ2) is 4.17. The van der Waals surface area contributed by atoms with E-state index in [1.54, 1.807) is 7.05 Å². The molecule has 0 aromatic rings. The average molecular weight is 201 g/mol. The van der Waals surface area contributed by atoms with Crippen molar-refractivity contribution < 1.29 is 14.4 Å². The molecule has 82 valence electrons. The van der Waals surface area contributed by atoms with Gasteiger partial charge >= 0.3 is 6.09 Å². The molecular weight excluding hydrogens is 182 g/mol. The van der Waals surface area contributed by atoms with E-state index < -0.39 is 11.7 Å². The molecule has 0 saturated heterocycles. The lowest BCUT2D eigenvalue weighted by atomic mass is 9.97. The molecule has 1 fully saturated rings. The van der Waals surface area contributed by atoms with Crippen LogP contribution in [0.15, 0.2) is 0 Å². The van der Waals surface area contributed by atoms with E-state index in [1.807, 2.05) is 20.8 Å². The lowest BCUT2D eigenvalue weighted by Gasteiger charge is -2.30. The normalized spacial score (nSPS) is 17.4. The number of rotatable bonds is 2. The van der Waals surface area contributed by atoms with Crippen LogP contribution in [0.4, 0.5) is 4.79 Å². The summed E-state index contributed by atoms with van der Waals surface area (Å²) < 4.78 is 5.13. The van der Waals surface area contributed by atoms with Crippen LogP contribution in [-0.4, -0.2) is 29.9 Å². The van der Waals surface area contributed by atoms with Gasteiger partial charge in [-0.1, -0.05) is 0 Å². The van der Waals surface area contributed by atoms with Crippen LogP contribution >= 0.6 is 0 Å². The van der Waals surface area contributed by atoms with E-state index in [1.165, 1.54) is 11.5 Å². The molecule has 0 heterocycles. The summed E-state index contributed by atoms with van der Waals surface area (Å²) in [6.45, 7) is 5.51. The monoisotopic (exact) mass is 201 g/mol. The smallest absolute Gasteiger partial charge is 0.434 e. The minimum absolute atomic E-state index is 0.201. The van der Waals surface area contributed by atoms with Gasteiger partial charge in [0.25, 0.3) is 0 Å². The number of amides is 1. The number of hydrogen-bond acceptors (Lipinski definition) is 3. The van der Waals surface area contributed by atoms with Crippen molar-refractivity contribution >= 4 is 6.09 Å². The van der Waals surface area contributed by atoms with E-state index in [4.69, 9.17) is 9.57 Å². The summed E-state index contributed by atoms with van der Waals surface area (Å²) in [5.74, 6) is 0. The lowest BCUT2D eigenvalue weighted by Crippen LogP contribution is -2.38. The Balaban J connectivity index is 2.28. The highest BCUT2D eigenvalue weighted by Crippen LogP contribution is 2.23. The van der Waals surface area contributed by atoms with E-state index in [0.29, 0.717) is 0 Å². The van der Waals surface area contributed by atoms with Crippen LogP contribution in [0.25, 0.3) is 0 Å². The average Bonchev–Trinajstić information content (AvgIpc) is 1.92. The van der Waals surface area contributed by atoms with Gasteiger partial charge in [0.1, 0.15) is 5.60 Å². The molecule has 1 aliphatic carbocycles. The van der Waals surface area contributed by atoms with Crippen molar-refractivity contribution in [1.29, 1.82) is 0 Å². The predicted octanol–water partition coefficient (Wildman–Crippen LogP) is 2.34. The fourth-order valence-corrected chi connectivity index (χ4v) is 1.07. The lowest BCUT2D eigenvalue weighted by molar-refractivity contribution is -0.186. The Bertz CT molecular complexity index is 206. The Labute approximate surface area is 85.1 Å². The maximum Gasteiger partial charge on any atom is 0.434 e. The van der Waals surface area contributed by atoms with Crippen LogP contribution < -0.4 is 0 Å². The molecule has 0 aromatic carbocycles. The predicted molar refractivity (Wildman–Crippen MR) is 52.7 cm³/mol. The summed E-state index contributed by atoms with van der Waals surface area (Å²) in [6.07, 6.45) is 3.03. The zero-order valence-corrected chi connectivity index (χ0v) is 9.37. The highest BCUT2D eigenvalue weighted by atomic mass is 16.7. The molecule has 1 saturated carbocycles. The van der Waals surface area contributed by atoms with Crippen LogP contribution in [0.1, 0.15) is 40.0 Å². The van der Waals surface area contributed by atoms with Crippen molar-refractivity contribution in [2.75, 3.05) is 7.05 Å². The van der Waals surface area contributed by atoms with Gasteiger partial charge in [0.2, 0.25) is 0 Å². The van der Waals surface area contributed by atoms with Crippen molar-refractivity contribution in [2.45, 2.75) is 51.7 Å². The van der Waals surface area contributed by atoms with Gasteiger partial charge in [-0.25, -0.2) is 4.79 Å². The van der Waals surface area contributed by atoms with Crippen LogP contribution in [0.5, 0.6) is 0 Å². The highest BCUT2D eigenvalue weighted by molar-refractivity contribution is 5.66. The highest BCUT2D eigenvalue weighted by Gasteiger charge is 2.25. The Kier molecular flexibility index (Phi) is 3.37. The molecule has 0 unspecified atom stereocenters. The first-order valence-corrected chi connectivity index (χ1v) is 5.02. The van der Waals surface area contributed by atoms with Gasteiger partial charge in [0, 0.05) is 7.05 Å². The quantitative estimate of drug-likeness (QED) is 0.644. The Morgan fingerprint density at radius 2 is 1.93 bits per heavy atom. The number of carbonyl (C=O) groups is 1. The zero-order valence-electron chi connectivity index (χ0n) is 9.37. The fraction of sp³-hybridized carbons (Fsp3) is 0.900. The first kappa shape index (κ1) is 11.3. The summed E-state index contributed by atoms with van der Waals surface area (Å²) >= 11 is 0. The van der Waals surface area contributed by atoms with Crippen molar-refractivity contribution in [3.8, 4) is 0 Å². The molecule has 4 nitrogen and oxygen atoms in total. The third-order valence-electron chi connectivity index (χ3n) is 2.01. The van der Waals surface area contributed by atoms with E-state index in [2.05, 4.69) is 0 Å². The first-order valence-electron chi connectivity index (χ1n) is 5.02. The number of ether oxygens (including phenoxy) is 1. The first-order chi connectivity index (χ1) is 6.38. The van der Waals surface area contributed by atoms with Gasteiger partial charge in [-0.2, -0.15) is 5.06 Å². The van der Waals surface area contributed by atoms with Crippen LogP contribution in [-0.2, 0) is 9.57 Å². The second-order valence-corrected chi connectivity index (χ2v) is 4.64. The second-order valence-electron chi connectivity index (χ2n) is 4.64. The number of nitrogens with zero attached hydrogens (tertiary/aromatic N) is 1. The molecular formula is C10H19NO3. The van der Waals surface area contributed by atoms with Gasteiger partial charge < -0.3 is 4.74 Å². The Hall–Kier alpha value is -0.770. The van der Waals surface area contributed by atoms with E-state index >= 15 is 0 Å². The number of hydroxylamine groups is 2. The largest absolute Gasteiger partial charge is 0.442 e. The molecule has 14 heavy (non-hydrogen) atoms. The third-order valence-corrected chi connectivity index (χ3v) is 2.01. The maximum atomic E-state index is 11.4. The SMILES string of the molecule is CN(OC1CCC1)C(=O)OC(C)(C)C. The zero-order chi connectivity index (χ0) is 10.8. The molecule has 0 bridgehead atoms. The molecule has 1 aliphatic rings. The summed E-state index contributed by atoms with van der Waals surface area (Å²) in [4.78, 5) is 16.8. The van der Waals surface area contributed by atoms with Gasteiger partial charge in [0.15, 0.2) is 0 Å². The molecule has 0 aliphatic heterocycles. The summed E-state index contributed by atoms with van der Waals surface area (Å²) in [7, 11) is 1.59. The Morgan fingerprint density at radius 1 is 1.36 bits per heavy atom. The molecule has 0 atom stereocenters. The van der Waals surface area contributed by atoms with Gasteiger partial charge in [-0.05, 0) is 40.0 Å². The maximum absolute atomic E-state index is 11.4. The molecule has 0 spiro atoms. The number of carbonyl (C=O) groups excluding carboxylic acids is 1. The third kappa shape index (κ3) is 3.54. The molecule has 1 rings (SSSR count). The summed E-state index contributed by atoms with van der Waals surface area (Å²) in [5.41, 5.74) is -0.464. The summed E-state index contributed by atoms with van der Waals surface area (Å²) in [5, 5.41) is 1.19. The van der Waals surface area contributed by atoms with Crippen LogP contribution in [0.3, 0.4) is 0 Å². The van der Waals surface area contributed by atoms with E-state index in [0.717, 1.165) is 12.8 Å². The standard InChI is InChI=1S/C10H19NO3/c1-10(2,3)13-9(12)11(4)14-8-6-5-7-8/h8H,5-7H2,1-4H3. The summed E-state index contributed by atoms with van der Waals surface area (Å²) in [6, 6.07) is 0. The molecule has 0 radical (unpaired) electrons. The minimum atomic E-state index is -0.464. The van der Waals surface area contributed by atoms with E-state index in [9.17, 15) is 4.79 Å². The topological polar surface area (TPSA) is 38.8 Å². The molecule has 1 amide bonds. The van der Waals surface area contributed by atoms with Gasteiger partial charge in [-0.3, -0.25) is 4.84 Å². The minimum Gasteiger partial charge on any atom is -0.442 e. The Morgan fingerprint density at radius 3 is 2.29 bits per heavy atom. The van der Waals surface area contributed by atoms with E-state index in [-0.39, 0.29) is 6.10 Å². The van der Waals surface area contributed by atoms with Gasteiger partial charge in [0.05, 0.1) is 6.10 Å². The van der Waals surface area contributed by atoms with Crippen LogP contribution in [0.2, 0.25) is 0 Å². The van der Waals surface area contributed by atoms with Crippen LogP contribution in [0, 0.1) is 0 Å². The fourth-order valence-electron chi connectivity index (χ4n) is 1.07. The van der Waals surface area contributed by atoms with Crippen molar-refractivity contribution in [3.63, 3.8) is 0 Å².